The van der Waals surface area contributed by atoms with Crippen molar-refractivity contribution in [1.82, 2.24) is 4.90 Å². The van der Waals surface area contributed by atoms with E-state index in [-0.39, 0.29) is 17.6 Å². The van der Waals surface area contributed by atoms with Crippen molar-refractivity contribution in [2.45, 2.75) is 18.9 Å². The van der Waals surface area contributed by atoms with Crippen LogP contribution in [0, 0.1) is 10.1 Å². The summed E-state index contributed by atoms with van der Waals surface area (Å²) in [6, 6.07) is 13.7. The van der Waals surface area contributed by atoms with E-state index in [1.54, 1.807) is 17.0 Å². The standard InChI is InChI=1S/C18H20N4O3/c19-12-15-7-4-10-21(15)18(23)13-8-9-16(17(11-13)22(24)25)20-14-5-2-1-3-6-14/h1-3,5-6,8-9,11,15,20H,4,7,10,12,19H2. The van der Waals surface area contributed by atoms with Gasteiger partial charge in [-0.3, -0.25) is 14.9 Å². The summed E-state index contributed by atoms with van der Waals surface area (Å²) in [5.74, 6) is -0.206. The molecule has 1 amide bonds. The van der Waals surface area contributed by atoms with Crippen LogP contribution < -0.4 is 11.1 Å². The Morgan fingerprint density at radius 2 is 2.04 bits per heavy atom. The Kier molecular flexibility index (Phi) is 4.95. The van der Waals surface area contributed by atoms with Crippen molar-refractivity contribution in [3.8, 4) is 0 Å². The van der Waals surface area contributed by atoms with Gasteiger partial charge >= 0.3 is 0 Å². The van der Waals surface area contributed by atoms with Crippen LogP contribution in [-0.4, -0.2) is 34.9 Å². The number of hydrogen-bond donors (Lipinski definition) is 2. The molecule has 3 N–H and O–H groups in total. The van der Waals surface area contributed by atoms with Gasteiger partial charge in [0.1, 0.15) is 5.69 Å². The van der Waals surface area contributed by atoms with Crippen molar-refractivity contribution < 1.29 is 9.72 Å². The number of nitro benzene ring substituents is 1. The quantitative estimate of drug-likeness (QED) is 0.644. The molecule has 1 saturated heterocycles. The number of anilines is 2. The predicted molar refractivity (Wildman–Crippen MR) is 95.9 cm³/mol. The van der Waals surface area contributed by atoms with Gasteiger partial charge in [-0.1, -0.05) is 18.2 Å². The van der Waals surface area contributed by atoms with E-state index in [2.05, 4.69) is 5.32 Å². The molecule has 2 aromatic carbocycles. The number of nitro groups is 1. The largest absolute Gasteiger partial charge is 0.350 e. The van der Waals surface area contributed by atoms with E-state index < -0.39 is 4.92 Å². The monoisotopic (exact) mass is 340 g/mol. The number of amides is 1. The summed E-state index contributed by atoms with van der Waals surface area (Å²) in [4.78, 5) is 25.4. The number of nitrogens with two attached hydrogens (primary N) is 1. The molecule has 7 nitrogen and oxygen atoms in total. The van der Waals surface area contributed by atoms with Crippen molar-refractivity contribution >= 4 is 23.0 Å². The first kappa shape index (κ1) is 16.9. The molecule has 3 rings (SSSR count). The van der Waals surface area contributed by atoms with Gasteiger partial charge in [0, 0.05) is 36.4 Å². The molecular weight excluding hydrogens is 320 g/mol. The van der Waals surface area contributed by atoms with E-state index in [4.69, 9.17) is 5.73 Å². The molecule has 1 unspecified atom stereocenters. The van der Waals surface area contributed by atoms with Crippen molar-refractivity contribution in [1.29, 1.82) is 0 Å². The zero-order valence-electron chi connectivity index (χ0n) is 13.7. The van der Waals surface area contributed by atoms with Crippen LogP contribution >= 0.6 is 0 Å². The topological polar surface area (TPSA) is 102 Å². The van der Waals surface area contributed by atoms with E-state index in [9.17, 15) is 14.9 Å². The molecule has 130 valence electrons. The van der Waals surface area contributed by atoms with Gasteiger partial charge in [-0.25, -0.2) is 0 Å². The summed E-state index contributed by atoms with van der Waals surface area (Å²) in [5.41, 5.74) is 6.99. The molecule has 7 heteroatoms. The van der Waals surface area contributed by atoms with Crippen LogP contribution in [-0.2, 0) is 0 Å². The molecule has 0 aromatic heterocycles. The minimum absolute atomic E-state index is 0.00803. The fraction of sp³-hybridized carbons (Fsp3) is 0.278. The summed E-state index contributed by atoms with van der Waals surface area (Å²) in [5, 5.41) is 14.5. The first-order valence-electron chi connectivity index (χ1n) is 8.21. The number of benzene rings is 2. The van der Waals surface area contributed by atoms with Crippen LogP contribution in [0.2, 0.25) is 0 Å². The summed E-state index contributed by atoms with van der Waals surface area (Å²) >= 11 is 0. The zero-order chi connectivity index (χ0) is 17.8. The highest BCUT2D eigenvalue weighted by atomic mass is 16.6. The van der Waals surface area contributed by atoms with E-state index >= 15 is 0 Å². The smallest absolute Gasteiger partial charge is 0.293 e. The van der Waals surface area contributed by atoms with E-state index in [1.165, 1.54) is 6.07 Å². The molecule has 1 aliphatic rings. The van der Waals surface area contributed by atoms with E-state index in [1.807, 2.05) is 30.3 Å². The third kappa shape index (κ3) is 3.61. The van der Waals surface area contributed by atoms with Crippen molar-refractivity contribution in [2.24, 2.45) is 5.73 Å². The summed E-state index contributed by atoms with van der Waals surface area (Å²) in [7, 11) is 0. The Hall–Kier alpha value is -2.93. The normalized spacial score (nSPS) is 16.7. The Bertz CT molecular complexity index is 779. The first-order chi connectivity index (χ1) is 12.1. The van der Waals surface area contributed by atoms with Crippen molar-refractivity contribution in [3.05, 3.63) is 64.2 Å². The number of rotatable bonds is 5. The number of likely N-dealkylation sites (tertiary alicyclic amines) is 1. The zero-order valence-corrected chi connectivity index (χ0v) is 13.7. The number of hydrogen-bond acceptors (Lipinski definition) is 5. The van der Waals surface area contributed by atoms with Gasteiger partial charge in [0.2, 0.25) is 0 Å². The molecule has 1 heterocycles. The van der Waals surface area contributed by atoms with Gasteiger partial charge in [0.25, 0.3) is 11.6 Å². The lowest BCUT2D eigenvalue weighted by molar-refractivity contribution is -0.383. The number of nitrogens with zero attached hydrogens (tertiary/aromatic N) is 2. The molecule has 0 radical (unpaired) electrons. The minimum Gasteiger partial charge on any atom is -0.350 e. The fourth-order valence-corrected chi connectivity index (χ4v) is 3.11. The Labute approximate surface area is 145 Å². The average molecular weight is 340 g/mol. The molecule has 1 aliphatic heterocycles. The van der Waals surface area contributed by atoms with Crippen LogP contribution in [0.25, 0.3) is 0 Å². The van der Waals surface area contributed by atoms with Gasteiger partial charge in [0.15, 0.2) is 0 Å². The number of carbonyl (C=O) groups excluding carboxylic acids is 1. The van der Waals surface area contributed by atoms with Gasteiger partial charge in [-0.05, 0) is 37.1 Å². The maximum Gasteiger partial charge on any atom is 0.293 e. The number of nitrogens with one attached hydrogen (secondary N) is 1. The lowest BCUT2D eigenvalue weighted by Crippen LogP contribution is -2.39. The van der Waals surface area contributed by atoms with Gasteiger partial charge in [-0.2, -0.15) is 0 Å². The van der Waals surface area contributed by atoms with E-state index in [0.717, 1.165) is 18.5 Å². The molecule has 0 spiro atoms. The van der Waals surface area contributed by atoms with Gasteiger partial charge in [0.05, 0.1) is 4.92 Å². The highest BCUT2D eigenvalue weighted by molar-refractivity contribution is 5.96. The maximum absolute atomic E-state index is 12.7. The Morgan fingerprint density at radius 1 is 1.28 bits per heavy atom. The van der Waals surface area contributed by atoms with E-state index in [0.29, 0.717) is 24.3 Å². The molecule has 0 saturated carbocycles. The maximum atomic E-state index is 12.7. The lowest BCUT2D eigenvalue weighted by Gasteiger charge is -2.23. The Balaban J connectivity index is 1.89. The minimum atomic E-state index is -0.480. The molecule has 0 bridgehead atoms. The fourth-order valence-electron chi connectivity index (χ4n) is 3.11. The van der Waals surface area contributed by atoms with Gasteiger partial charge < -0.3 is 16.0 Å². The molecule has 1 fully saturated rings. The van der Waals surface area contributed by atoms with Crippen LogP contribution in [0.1, 0.15) is 23.2 Å². The molecule has 2 aromatic rings. The second kappa shape index (κ2) is 7.31. The molecule has 0 aliphatic carbocycles. The second-order valence-electron chi connectivity index (χ2n) is 6.01. The highest BCUT2D eigenvalue weighted by Crippen LogP contribution is 2.30. The van der Waals surface area contributed by atoms with Crippen LogP contribution in [0.15, 0.2) is 48.5 Å². The summed E-state index contributed by atoms with van der Waals surface area (Å²) in [6.45, 7) is 1.04. The number of para-hydroxylation sites is 1. The predicted octanol–water partition coefficient (Wildman–Crippen LogP) is 2.90. The molecular formula is C18H20N4O3. The van der Waals surface area contributed by atoms with Crippen LogP contribution in [0.5, 0.6) is 0 Å². The molecule has 1 atom stereocenters. The third-order valence-corrected chi connectivity index (χ3v) is 4.40. The average Bonchev–Trinajstić information content (AvgIpc) is 3.11. The van der Waals surface area contributed by atoms with Crippen LogP contribution in [0.3, 0.4) is 0 Å². The lowest BCUT2D eigenvalue weighted by atomic mass is 10.1. The second-order valence-corrected chi connectivity index (χ2v) is 6.01. The Morgan fingerprint density at radius 3 is 2.72 bits per heavy atom. The SMILES string of the molecule is NCC1CCCN1C(=O)c1ccc(Nc2ccccc2)c([N+](=O)[O-])c1. The van der Waals surface area contributed by atoms with Gasteiger partial charge in [-0.15, -0.1) is 0 Å². The summed E-state index contributed by atoms with van der Waals surface area (Å²) < 4.78 is 0. The first-order valence-corrected chi connectivity index (χ1v) is 8.21. The van der Waals surface area contributed by atoms with Crippen molar-refractivity contribution in [3.63, 3.8) is 0 Å². The highest BCUT2D eigenvalue weighted by Gasteiger charge is 2.29. The third-order valence-electron chi connectivity index (χ3n) is 4.40. The van der Waals surface area contributed by atoms with Crippen molar-refractivity contribution in [2.75, 3.05) is 18.4 Å². The van der Waals surface area contributed by atoms with Crippen LogP contribution in [0.4, 0.5) is 17.1 Å². The summed E-state index contributed by atoms with van der Waals surface area (Å²) in [6.07, 6.45) is 1.78. The molecule has 25 heavy (non-hydrogen) atoms. The number of carbonyl (C=O) groups is 1.